The van der Waals surface area contributed by atoms with Crippen LogP contribution in [-0.2, 0) is 11.3 Å². The van der Waals surface area contributed by atoms with Gasteiger partial charge in [0.05, 0.1) is 18.8 Å². The normalized spacial score (nSPS) is 39.3. The molecule has 38 heavy (non-hydrogen) atoms. The molecule has 5 N–H and O–H groups in total. The van der Waals surface area contributed by atoms with E-state index in [1.165, 1.54) is 56.9 Å². The van der Waals surface area contributed by atoms with E-state index < -0.39 is 0 Å². The van der Waals surface area contributed by atoms with E-state index in [0.717, 1.165) is 41.6 Å². The second kappa shape index (κ2) is 10.8. The molecular formula is C34H54N2O2. The number of nitrogens with two attached hydrogens (primary N) is 2. The lowest BCUT2D eigenvalue weighted by molar-refractivity contribution is -0.135. The lowest BCUT2D eigenvalue weighted by Crippen LogP contribution is -2.56. The van der Waals surface area contributed by atoms with Crippen LogP contribution in [0.5, 0.6) is 0 Å². The summed E-state index contributed by atoms with van der Waals surface area (Å²) in [6.07, 6.45) is 14.5. The molecule has 1 aromatic carbocycles. The highest BCUT2D eigenvalue weighted by molar-refractivity contribution is 5.56. The van der Waals surface area contributed by atoms with Crippen molar-refractivity contribution in [1.29, 1.82) is 0 Å². The second-order valence-corrected chi connectivity index (χ2v) is 14.5. The van der Waals surface area contributed by atoms with Gasteiger partial charge in [0, 0.05) is 28.8 Å². The second-order valence-electron chi connectivity index (χ2n) is 14.5. The van der Waals surface area contributed by atoms with Gasteiger partial charge in [-0.2, -0.15) is 0 Å². The van der Waals surface area contributed by atoms with Crippen molar-refractivity contribution >= 4 is 11.4 Å². The molecule has 5 rings (SSSR count). The van der Waals surface area contributed by atoms with Gasteiger partial charge in [-0.25, -0.2) is 0 Å². The van der Waals surface area contributed by atoms with Crippen LogP contribution < -0.4 is 11.5 Å². The molecule has 0 aromatic heterocycles. The highest BCUT2D eigenvalue weighted by Crippen LogP contribution is 2.67. The summed E-state index contributed by atoms with van der Waals surface area (Å²) in [5.41, 5.74) is 16.5. The van der Waals surface area contributed by atoms with E-state index >= 15 is 0 Å². The first-order valence-electron chi connectivity index (χ1n) is 15.7. The minimum atomic E-state index is -0.323. The molecule has 4 heteroatoms. The quantitative estimate of drug-likeness (QED) is 0.241. The summed E-state index contributed by atoms with van der Waals surface area (Å²) in [7, 11) is 0. The molecule has 1 aromatic rings. The Labute approximate surface area is 232 Å². The number of aliphatic hydroxyl groups excluding tert-OH is 1. The smallest absolute Gasteiger partial charge is 0.0741 e. The minimum Gasteiger partial charge on any atom is -0.399 e. The number of nitrogen functional groups attached to an aromatic ring is 2. The molecule has 0 aliphatic heterocycles. The highest BCUT2D eigenvalue weighted by atomic mass is 16.5. The van der Waals surface area contributed by atoms with E-state index in [9.17, 15) is 5.11 Å². The Hall–Kier alpha value is -1.52. The molecule has 4 aliphatic rings. The van der Waals surface area contributed by atoms with Crippen LogP contribution in [0.2, 0.25) is 0 Å². The Morgan fingerprint density at radius 2 is 1.84 bits per heavy atom. The highest BCUT2D eigenvalue weighted by Gasteiger charge is 2.61. The molecule has 4 aliphatic carbocycles. The molecule has 212 valence electrons. The van der Waals surface area contributed by atoms with E-state index in [4.69, 9.17) is 16.2 Å². The van der Waals surface area contributed by atoms with E-state index in [1.807, 2.05) is 18.2 Å². The molecule has 0 heterocycles. The average molecular weight is 523 g/mol. The van der Waals surface area contributed by atoms with Crippen LogP contribution in [-0.4, -0.2) is 17.3 Å². The first-order chi connectivity index (χ1) is 18.0. The molecule has 0 saturated heterocycles. The van der Waals surface area contributed by atoms with E-state index in [1.54, 1.807) is 0 Å². The lowest BCUT2D eigenvalue weighted by Gasteiger charge is -2.60. The van der Waals surface area contributed by atoms with Crippen molar-refractivity contribution in [2.45, 2.75) is 118 Å². The van der Waals surface area contributed by atoms with Crippen molar-refractivity contribution in [3.63, 3.8) is 0 Å². The third-order valence-electron chi connectivity index (χ3n) is 12.0. The van der Waals surface area contributed by atoms with Crippen LogP contribution in [0.1, 0.15) is 104 Å². The molecule has 9 atom stereocenters. The Kier molecular flexibility index (Phi) is 7.97. The van der Waals surface area contributed by atoms with Gasteiger partial charge in [-0.05, 0) is 91.6 Å². The van der Waals surface area contributed by atoms with Crippen molar-refractivity contribution in [3.05, 3.63) is 35.4 Å². The number of rotatable bonds is 8. The van der Waals surface area contributed by atoms with Gasteiger partial charge in [0.15, 0.2) is 0 Å². The number of hydrogen-bond acceptors (Lipinski definition) is 4. The fourth-order valence-corrected chi connectivity index (χ4v) is 9.88. The van der Waals surface area contributed by atoms with Gasteiger partial charge < -0.3 is 21.3 Å². The van der Waals surface area contributed by atoms with Crippen molar-refractivity contribution < 1.29 is 9.84 Å². The van der Waals surface area contributed by atoms with E-state index in [0.29, 0.717) is 35.7 Å². The summed E-state index contributed by atoms with van der Waals surface area (Å²) < 4.78 is 6.72. The van der Waals surface area contributed by atoms with Crippen LogP contribution >= 0.6 is 0 Å². The number of fused-ring (bicyclic) bond motifs is 5. The van der Waals surface area contributed by atoms with Gasteiger partial charge >= 0.3 is 0 Å². The number of anilines is 2. The maximum atomic E-state index is 10.8. The molecular weight excluding hydrogens is 468 g/mol. The largest absolute Gasteiger partial charge is 0.399 e. The summed E-state index contributed by atoms with van der Waals surface area (Å²) in [6.45, 7) is 12.9. The van der Waals surface area contributed by atoms with E-state index in [-0.39, 0.29) is 17.6 Å². The summed E-state index contributed by atoms with van der Waals surface area (Å²) in [5, 5.41) is 10.8. The predicted octanol–water partition coefficient (Wildman–Crippen LogP) is 7.75. The molecule has 0 spiro atoms. The summed E-state index contributed by atoms with van der Waals surface area (Å²) >= 11 is 0. The van der Waals surface area contributed by atoms with Crippen LogP contribution in [0.3, 0.4) is 0 Å². The first kappa shape index (κ1) is 28.0. The van der Waals surface area contributed by atoms with Gasteiger partial charge in [-0.15, -0.1) is 0 Å². The van der Waals surface area contributed by atoms with Gasteiger partial charge in [0.2, 0.25) is 0 Å². The van der Waals surface area contributed by atoms with Crippen LogP contribution in [0, 0.1) is 46.3 Å². The molecule has 3 saturated carbocycles. The molecule has 0 amide bonds. The topological polar surface area (TPSA) is 81.5 Å². The fraction of sp³-hybridized carbons (Fsp3) is 0.765. The third kappa shape index (κ3) is 4.94. The maximum Gasteiger partial charge on any atom is 0.0741 e. The van der Waals surface area contributed by atoms with Crippen molar-refractivity contribution in [1.82, 2.24) is 0 Å². The minimum absolute atomic E-state index is 0.00693. The van der Waals surface area contributed by atoms with Gasteiger partial charge in [-0.1, -0.05) is 71.6 Å². The first-order valence-corrected chi connectivity index (χ1v) is 15.7. The Balaban J connectivity index is 1.35. The van der Waals surface area contributed by atoms with E-state index in [2.05, 4.69) is 40.7 Å². The lowest BCUT2D eigenvalue weighted by atomic mass is 9.46. The number of aliphatic hydroxyl groups is 1. The summed E-state index contributed by atoms with van der Waals surface area (Å²) in [4.78, 5) is 0. The predicted molar refractivity (Wildman–Crippen MR) is 158 cm³/mol. The van der Waals surface area contributed by atoms with Crippen molar-refractivity contribution in [2.75, 3.05) is 11.5 Å². The number of benzene rings is 1. The Morgan fingerprint density at radius 1 is 1.05 bits per heavy atom. The molecule has 0 bridgehead atoms. The van der Waals surface area contributed by atoms with Crippen LogP contribution in [0.15, 0.2) is 29.8 Å². The average Bonchev–Trinajstić information content (AvgIpc) is 3.21. The standard InChI is InChI=1S/C34H54N2O2/c1-21(2)7-6-8-22(3)28-13-14-29-27-12-10-24-17-26(37)19-32(34(24,5)30(27)15-16-33(28,29)4)38-20-23-9-11-25(35)18-31(23)36/h9-11,18,21-22,26-30,32,37H,6-8,12-17,19-20,35-36H2,1-5H3/t22-,26+,27+,28-,29+,30+,32?,33-,34+/m1/s1. The number of ether oxygens (including phenoxy) is 1. The maximum absolute atomic E-state index is 10.8. The van der Waals surface area contributed by atoms with Crippen LogP contribution in [0.4, 0.5) is 11.4 Å². The van der Waals surface area contributed by atoms with Crippen molar-refractivity contribution in [2.24, 2.45) is 46.3 Å². The zero-order valence-electron chi connectivity index (χ0n) is 24.7. The molecule has 3 fully saturated rings. The molecule has 1 unspecified atom stereocenters. The SMILES string of the molecule is CC(C)CCC[C@@H](C)[C@H]1CC[C@H]2[C@@H]3CC=C4C[C@H](O)CC(OCc5ccc(N)cc5N)[C@]4(C)[C@H]3CC[C@]12C. The summed E-state index contributed by atoms with van der Waals surface area (Å²) in [5.74, 6) is 4.70. The molecule has 0 radical (unpaired) electrons. The Morgan fingerprint density at radius 3 is 2.58 bits per heavy atom. The Bertz CT molecular complexity index is 1020. The zero-order chi connectivity index (χ0) is 27.2. The zero-order valence-corrected chi connectivity index (χ0v) is 24.7. The monoisotopic (exact) mass is 522 g/mol. The van der Waals surface area contributed by atoms with Gasteiger partial charge in [-0.3, -0.25) is 0 Å². The van der Waals surface area contributed by atoms with Gasteiger partial charge in [0.25, 0.3) is 0 Å². The van der Waals surface area contributed by atoms with Crippen molar-refractivity contribution in [3.8, 4) is 0 Å². The van der Waals surface area contributed by atoms with Crippen LogP contribution in [0.25, 0.3) is 0 Å². The number of allylic oxidation sites excluding steroid dienone is 1. The van der Waals surface area contributed by atoms with Gasteiger partial charge in [0.1, 0.15) is 0 Å². The fourth-order valence-electron chi connectivity index (χ4n) is 9.88. The molecule has 4 nitrogen and oxygen atoms in total. The summed E-state index contributed by atoms with van der Waals surface area (Å²) in [6, 6.07) is 5.71. The number of hydrogen-bond donors (Lipinski definition) is 3. The third-order valence-corrected chi connectivity index (χ3v) is 12.0.